The lowest BCUT2D eigenvalue weighted by Crippen LogP contribution is -1.96. The first-order valence-electron chi connectivity index (χ1n) is 4.71. The molecule has 0 N–H and O–H groups in total. The van der Waals surface area contributed by atoms with E-state index in [9.17, 15) is 0 Å². The Morgan fingerprint density at radius 2 is 2.00 bits per heavy atom. The lowest BCUT2D eigenvalue weighted by molar-refractivity contribution is 0.575. The maximum Gasteiger partial charge on any atom is 0.0598 e. The Balaban J connectivity index is 2.76. The minimum Gasteiger partial charge on any atom is -0.146 e. The quantitative estimate of drug-likeness (QED) is 0.643. The maximum absolute atomic E-state index is 6.33. The number of hydrogen-bond acceptors (Lipinski definition) is 1. The zero-order chi connectivity index (χ0) is 10.0. The third-order valence-electron chi connectivity index (χ3n) is 2.10. The zero-order valence-electron chi connectivity index (χ0n) is 8.73. The predicted octanol–water partition coefficient (Wildman–Crippen LogP) is 4.69. The number of halogens is 1. The molecule has 0 nitrogen and oxygen atoms in total. The Morgan fingerprint density at radius 1 is 1.38 bits per heavy atom. The van der Waals surface area contributed by atoms with Gasteiger partial charge in [0.25, 0.3) is 0 Å². The number of thiophene rings is 1. The van der Waals surface area contributed by atoms with Gasteiger partial charge in [-0.1, -0.05) is 13.8 Å². The summed E-state index contributed by atoms with van der Waals surface area (Å²) in [5.41, 5.74) is 1.33. The normalized spacial score (nSPS) is 13.7. The van der Waals surface area contributed by atoms with Crippen LogP contribution < -0.4 is 0 Å². The molecule has 0 spiro atoms. The molecule has 0 fully saturated rings. The van der Waals surface area contributed by atoms with Gasteiger partial charge in [0.05, 0.1) is 5.38 Å². The van der Waals surface area contributed by atoms with E-state index >= 15 is 0 Å². The van der Waals surface area contributed by atoms with Crippen LogP contribution in [0.3, 0.4) is 0 Å². The largest absolute Gasteiger partial charge is 0.146 e. The summed E-state index contributed by atoms with van der Waals surface area (Å²) in [6, 6.07) is 2.22. The molecule has 1 aromatic heterocycles. The fraction of sp³-hybridized carbons (Fsp3) is 0.636. The minimum absolute atomic E-state index is 0.199. The molecule has 1 atom stereocenters. The number of alkyl halides is 1. The van der Waals surface area contributed by atoms with Crippen molar-refractivity contribution in [2.75, 3.05) is 0 Å². The van der Waals surface area contributed by atoms with Crippen LogP contribution >= 0.6 is 22.9 Å². The van der Waals surface area contributed by atoms with Gasteiger partial charge in [0.15, 0.2) is 0 Å². The molecule has 0 radical (unpaired) electrons. The van der Waals surface area contributed by atoms with E-state index in [4.69, 9.17) is 11.6 Å². The molecule has 0 amide bonds. The van der Waals surface area contributed by atoms with Gasteiger partial charge in [-0.15, -0.1) is 22.9 Å². The zero-order valence-corrected chi connectivity index (χ0v) is 10.3. The van der Waals surface area contributed by atoms with E-state index in [0.717, 1.165) is 6.42 Å². The van der Waals surface area contributed by atoms with Crippen LogP contribution in [-0.2, 0) is 0 Å². The molecule has 13 heavy (non-hydrogen) atoms. The molecule has 0 saturated heterocycles. The fourth-order valence-electron chi connectivity index (χ4n) is 1.50. The van der Waals surface area contributed by atoms with Crippen LogP contribution in [-0.4, -0.2) is 0 Å². The Kier molecular flexibility index (Phi) is 3.81. The molecule has 74 valence electrons. The highest BCUT2D eigenvalue weighted by atomic mass is 35.5. The van der Waals surface area contributed by atoms with E-state index in [1.54, 1.807) is 0 Å². The van der Waals surface area contributed by atoms with E-state index < -0.39 is 0 Å². The number of hydrogen-bond donors (Lipinski definition) is 0. The van der Waals surface area contributed by atoms with Crippen molar-refractivity contribution in [2.45, 2.75) is 39.5 Å². The van der Waals surface area contributed by atoms with E-state index in [2.05, 4.69) is 33.8 Å². The van der Waals surface area contributed by atoms with Gasteiger partial charge in [0.1, 0.15) is 0 Å². The van der Waals surface area contributed by atoms with Gasteiger partial charge >= 0.3 is 0 Å². The van der Waals surface area contributed by atoms with Crippen LogP contribution in [0, 0.1) is 19.8 Å². The van der Waals surface area contributed by atoms with E-state index in [-0.39, 0.29) is 5.38 Å². The monoisotopic (exact) mass is 216 g/mol. The molecule has 1 heterocycles. The van der Waals surface area contributed by atoms with Gasteiger partial charge in [0.2, 0.25) is 0 Å². The molecule has 1 rings (SSSR count). The van der Waals surface area contributed by atoms with E-state index in [0.29, 0.717) is 5.92 Å². The van der Waals surface area contributed by atoms with E-state index in [1.807, 2.05) is 11.3 Å². The van der Waals surface area contributed by atoms with Crippen LogP contribution in [0.1, 0.15) is 41.0 Å². The van der Waals surface area contributed by atoms with Gasteiger partial charge in [0, 0.05) is 9.75 Å². The molecular weight excluding hydrogens is 200 g/mol. The lowest BCUT2D eigenvalue weighted by atomic mass is 10.0. The predicted molar refractivity (Wildman–Crippen MR) is 61.8 cm³/mol. The first kappa shape index (κ1) is 11.1. The Morgan fingerprint density at radius 3 is 2.38 bits per heavy atom. The second kappa shape index (κ2) is 4.47. The van der Waals surface area contributed by atoms with Gasteiger partial charge in [-0.2, -0.15) is 0 Å². The molecule has 2 heteroatoms. The first-order valence-corrected chi connectivity index (χ1v) is 5.97. The molecule has 0 aliphatic heterocycles. The second-order valence-electron chi connectivity index (χ2n) is 3.97. The summed E-state index contributed by atoms with van der Waals surface area (Å²) in [6.45, 7) is 8.72. The summed E-state index contributed by atoms with van der Waals surface area (Å²) in [4.78, 5) is 2.74. The van der Waals surface area contributed by atoms with Gasteiger partial charge < -0.3 is 0 Å². The van der Waals surface area contributed by atoms with Crippen LogP contribution in [0.4, 0.5) is 0 Å². The Labute approximate surface area is 89.9 Å². The van der Waals surface area contributed by atoms with Crippen LogP contribution in [0.25, 0.3) is 0 Å². The molecule has 0 aromatic carbocycles. The maximum atomic E-state index is 6.33. The number of aryl methyl sites for hydroxylation is 2. The molecule has 1 aromatic rings. The van der Waals surface area contributed by atoms with Gasteiger partial charge in [-0.25, -0.2) is 0 Å². The van der Waals surface area contributed by atoms with Crippen LogP contribution in [0.15, 0.2) is 6.07 Å². The molecule has 0 aliphatic rings. The minimum atomic E-state index is 0.199. The average Bonchev–Trinajstić information content (AvgIpc) is 2.28. The SMILES string of the molecule is Cc1cc(C(Cl)CC(C)C)c(C)s1. The summed E-state index contributed by atoms with van der Waals surface area (Å²) in [5, 5.41) is 0.199. The van der Waals surface area contributed by atoms with Crippen molar-refractivity contribution in [3.63, 3.8) is 0 Å². The standard InChI is InChI=1S/C11H17ClS/c1-7(2)5-11(12)10-6-8(3)13-9(10)4/h6-7,11H,5H2,1-4H3. The summed E-state index contributed by atoms with van der Waals surface area (Å²) < 4.78 is 0. The van der Waals surface area contributed by atoms with Crippen molar-refractivity contribution in [1.82, 2.24) is 0 Å². The Hall–Kier alpha value is -0.0100. The summed E-state index contributed by atoms with van der Waals surface area (Å²) in [6.07, 6.45) is 1.07. The lowest BCUT2D eigenvalue weighted by Gasteiger charge is -2.11. The van der Waals surface area contributed by atoms with Gasteiger partial charge in [-0.05, 0) is 37.8 Å². The fourth-order valence-corrected chi connectivity index (χ4v) is 3.14. The van der Waals surface area contributed by atoms with E-state index in [1.165, 1.54) is 15.3 Å². The van der Waals surface area contributed by atoms with Crippen molar-refractivity contribution < 1.29 is 0 Å². The third-order valence-corrected chi connectivity index (χ3v) is 3.49. The summed E-state index contributed by atoms with van der Waals surface area (Å²) >= 11 is 8.17. The summed E-state index contributed by atoms with van der Waals surface area (Å²) in [5.74, 6) is 0.669. The number of rotatable bonds is 3. The Bertz CT molecular complexity index is 276. The molecule has 0 saturated carbocycles. The van der Waals surface area contributed by atoms with Crippen molar-refractivity contribution in [3.8, 4) is 0 Å². The first-order chi connectivity index (χ1) is 6.00. The third kappa shape index (κ3) is 2.99. The van der Waals surface area contributed by atoms with Crippen molar-refractivity contribution in [3.05, 3.63) is 21.4 Å². The van der Waals surface area contributed by atoms with Crippen molar-refractivity contribution in [1.29, 1.82) is 0 Å². The van der Waals surface area contributed by atoms with Gasteiger partial charge in [-0.3, -0.25) is 0 Å². The highest BCUT2D eigenvalue weighted by Gasteiger charge is 2.14. The van der Waals surface area contributed by atoms with Crippen molar-refractivity contribution in [2.24, 2.45) is 5.92 Å². The van der Waals surface area contributed by atoms with Crippen LogP contribution in [0.2, 0.25) is 0 Å². The highest BCUT2D eigenvalue weighted by molar-refractivity contribution is 7.12. The molecular formula is C11H17ClS. The smallest absolute Gasteiger partial charge is 0.0598 e. The average molecular weight is 217 g/mol. The summed E-state index contributed by atoms with van der Waals surface area (Å²) in [7, 11) is 0. The molecule has 0 bridgehead atoms. The second-order valence-corrected chi connectivity index (χ2v) is 5.95. The van der Waals surface area contributed by atoms with Crippen molar-refractivity contribution >= 4 is 22.9 Å². The molecule has 0 aliphatic carbocycles. The van der Waals surface area contributed by atoms with Crippen LogP contribution in [0.5, 0.6) is 0 Å². The highest BCUT2D eigenvalue weighted by Crippen LogP contribution is 2.34. The topological polar surface area (TPSA) is 0 Å². The molecule has 1 unspecified atom stereocenters.